The highest BCUT2D eigenvalue weighted by atomic mass is 16.5. The summed E-state index contributed by atoms with van der Waals surface area (Å²) < 4.78 is 4.94. The standard InChI is InChI=1S/C25H18N4O5/c1-11-19-13-6-4-5-7-15(13)27-23(19)22(29-20(11)25(33)34-3)16-9-8-14-18(31)10-17(26-12(2)30)24(32)21(14)28-16/h4-10,27H,1-3H3,(H,26,30). The normalized spacial score (nSPS) is 13.1. The molecule has 0 bridgehead atoms. The van der Waals surface area contributed by atoms with E-state index < -0.39 is 23.4 Å². The van der Waals surface area contributed by atoms with Gasteiger partial charge in [-0.3, -0.25) is 14.4 Å². The molecule has 0 aliphatic heterocycles. The van der Waals surface area contributed by atoms with Crippen molar-refractivity contribution < 1.29 is 23.9 Å². The van der Waals surface area contributed by atoms with Crippen LogP contribution in [0.5, 0.6) is 0 Å². The van der Waals surface area contributed by atoms with Crippen molar-refractivity contribution in [3.8, 4) is 11.4 Å². The molecule has 0 unspecified atom stereocenters. The van der Waals surface area contributed by atoms with E-state index >= 15 is 0 Å². The summed E-state index contributed by atoms with van der Waals surface area (Å²) in [5.41, 5.74) is 2.73. The molecule has 168 valence electrons. The van der Waals surface area contributed by atoms with E-state index in [9.17, 15) is 19.2 Å². The van der Waals surface area contributed by atoms with Crippen LogP contribution in [0.4, 0.5) is 0 Å². The molecule has 9 heteroatoms. The highest BCUT2D eigenvalue weighted by molar-refractivity contribution is 6.24. The average molecular weight is 454 g/mol. The first-order chi connectivity index (χ1) is 16.3. The number of aryl methyl sites for hydroxylation is 1. The van der Waals surface area contributed by atoms with Gasteiger partial charge in [-0.1, -0.05) is 18.2 Å². The summed E-state index contributed by atoms with van der Waals surface area (Å²) in [6.45, 7) is 3.04. The van der Waals surface area contributed by atoms with Crippen LogP contribution in [0.1, 0.15) is 43.8 Å². The molecule has 1 amide bonds. The number of carbonyl (C=O) groups excluding carboxylic acids is 4. The van der Waals surface area contributed by atoms with Gasteiger partial charge in [0, 0.05) is 29.3 Å². The number of benzene rings is 1. The number of rotatable bonds is 3. The van der Waals surface area contributed by atoms with Gasteiger partial charge in [-0.25, -0.2) is 14.8 Å². The molecule has 5 rings (SSSR count). The Morgan fingerprint density at radius 2 is 1.79 bits per heavy atom. The Hall–Kier alpha value is -4.66. The number of carbonyl (C=O) groups is 4. The van der Waals surface area contributed by atoms with E-state index in [1.807, 2.05) is 24.3 Å². The number of Topliss-reactive ketones (excluding diaryl/α,β-unsaturated/α-hetero) is 1. The van der Waals surface area contributed by atoms with Crippen LogP contribution in [-0.4, -0.2) is 45.5 Å². The van der Waals surface area contributed by atoms with Crippen molar-refractivity contribution in [1.82, 2.24) is 20.3 Å². The van der Waals surface area contributed by atoms with E-state index in [4.69, 9.17) is 4.74 Å². The number of hydrogen-bond acceptors (Lipinski definition) is 7. The highest BCUT2D eigenvalue weighted by Gasteiger charge is 2.29. The van der Waals surface area contributed by atoms with Gasteiger partial charge < -0.3 is 15.0 Å². The van der Waals surface area contributed by atoms with Gasteiger partial charge in [-0.05, 0) is 30.7 Å². The Kier molecular flexibility index (Phi) is 4.82. The number of amides is 1. The molecule has 4 aromatic rings. The molecule has 0 atom stereocenters. The number of ether oxygens (including phenoxy) is 1. The summed E-state index contributed by atoms with van der Waals surface area (Å²) in [5, 5.41) is 4.05. The number of pyridine rings is 2. The number of hydrogen-bond donors (Lipinski definition) is 2. The van der Waals surface area contributed by atoms with Gasteiger partial charge in [-0.2, -0.15) is 0 Å². The molecule has 1 aliphatic carbocycles. The van der Waals surface area contributed by atoms with Crippen molar-refractivity contribution in [2.45, 2.75) is 13.8 Å². The molecular weight excluding hydrogens is 436 g/mol. The third-order valence-electron chi connectivity index (χ3n) is 5.72. The van der Waals surface area contributed by atoms with Crippen LogP contribution in [0.15, 0.2) is 48.2 Å². The maximum Gasteiger partial charge on any atom is 0.356 e. The number of nitrogens with zero attached hydrogens (tertiary/aromatic N) is 2. The summed E-state index contributed by atoms with van der Waals surface area (Å²) in [6.07, 6.45) is 1.09. The first-order valence-corrected chi connectivity index (χ1v) is 10.4. The van der Waals surface area contributed by atoms with Crippen LogP contribution in [0, 0.1) is 6.92 Å². The van der Waals surface area contributed by atoms with Crippen molar-refractivity contribution >= 4 is 45.2 Å². The van der Waals surface area contributed by atoms with Crippen molar-refractivity contribution in [2.24, 2.45) is 0 Å². The summed E-state index contributed by atoms with van der Waals surface area (Å²) in [5.74, 6) is -2.11. The topological polar surface area (TPSA) is 131 Å². The minimum Gasteiger partial charge on any atom is -0.464 e. The van der Waals surface area contributed by atoms with Crippen LogP contribution >= 0.6 is 0 Å². The molecule has 0 saturated carbocycles. The summed E-state index contributed by atoms with van der Waals surface area (Å²) in [6, 6.07) is 10.7. The van der Waals surface area contributed by atoms with E-state index in [0.29, 0.717) is 16.8 Å². The predicted octanol–water partition coefficient (Wildman–Crippen LogP) is 3.27. The summed E-state index contributed by atoms with van der Waals surface area (Å²) in [4.78, 5) is 61.8. The van der Waals surface area contributed by atoms with Crippen LogP contribution in [0.25, 0.3) is 33.2 Å². The van der Waals surface area contributed by atoms with Gasteiger partial charge in [0.15, 0.2) is 11.5 Å². The Balaban J connectivity index is 1.78. The number of methoxy groups -OCH3 is 1. The molecule has 0 spiro atoms. The highest BCUT2D eigenvalue weighted by Crippen LogP contribution is 2.35. The molecule has 34 heavy (non-hydrogen) atoms. The second-order valence-corrected chi connectivity index (χ2v) is 7.87. The lowest BCUT2D eigenvalue weighted by atomic mass is 9.96. The number of esters is 1. The van der Waals surface area contributed by atoms with Crippen LogP contribution in [0.2, 0.25) is 0 Å². The molecule has 0 saturated heterocycles. The molecular formula is C25H18N4O5. The zero-order valence-corrected chi connectivity index (χ0v) is 18.5. The first kappa shape index (κ1) is 21.2. The number of aromatic nitrogens is 3. The van der Waals surface area contributed by atoms with E-state index in [1.165, 1.54) is 20.1 Å². The van der Waals surface area contributed by atoms with E-state index in [2.05, 4.69) is 20.3 Å². The number of nitrogens with one attached hydrogen (secondary N) is 2. The summed E-state index contributed by atoms with van der Waals surface area (Å²) in [7, 11) is 1.28. The van der Waals surface area contributed by atoms with Gasteiger partial charge in [0.25, 0.3) is 0 Å². The van der Waals surface area contributed by atoms with E-state index in [-0.39, 0.29) is 28.3 Å². The maximum atomic E-state index is 13.0. The van der Waals surface area contributed by atoms with Gasteiger partial charge in [0.1, 0.15) is 11.4 Å². The molecule has 1 aromatic carbocycles. The minimum absolute atomic E-state index is 0.0972. The Labute approximate surface area is 192 Å². The molecule has 0 radical (unpaired) electrons. The number of aromatic amines is 1. The van der Waals surface area contributed by atoms with E-state index in [0.717, 1.165) is 22.4 Å². The van der Waals surface area contributed by atoms with Crippen LogP contribution < -0.4 is 5.32 Å². The number of fused-ring (bicyclic) bond motifs is 4. The monoisotopic (exact) mass is 454 g/mol. The summed E-state index contributed by atoms with van der Waals surface area (Å²) >= 11 is 0. The third-order valence-corrected chi connectivity index (χ3v) is 5.72. The van der Waals surface area contributed by atoms with Crippen molar-refractivity contribution in [3.05, 3.63) is 70.7 Å². The van der Waals surface area contributed by atoms with Crippen molar-refractivity contribution in [1.29, 1.82) is 0 Å². The minimum atomic E-state index is -0.606. The molecule has 1 aliphatic rings. The lowest BCUT2D eigenvalue weighted by molar-refractivity contribution is -0.118. The first-order valence-electron chi connectivity index (χ1n) is 10.4. The zero-order valence-electron chi connectivity index (χ0n) is 18.5. The fourth-order valence-electron chi connectivity index (χ4n) is 4.21. The maximum absolute atomic E-state index is 13.0. The predicted molar refractivity (Wildman–Crippen MR) is 123 cm³/mol. The molecule has 3 heterocycles. The van der Waals surface area contributed by atoms with Crippen LogP contribution in [0.3, 0.4) is 0 Å². The SMILES string of the molecule is COC(=O)c1nc(-c2ccc3c(n2)C(=O)C(NC(C)=O)=CC3=O)c2[nH]c3ccccc3c2c1C. The fraction of sp³-hybridized carbons (Fsp3) is 0.120. The fourth-order valence-corrected chi connectivity index (χ4v) is 4.21. The van der Waals surface area contributed by atoms with Gasteiger partial charge in [-0.15, -0.1) is 0 Å². The van der Waals surface area contributed by atoms with Crippen molar-refractivity contribution in [2.75, 3.05) is 7.11 Å². The number of allylic oxidation sites excluding steroid dienone is 2. The molecule has 2 N–H and O–H groups in total. The lowest BCUT2D eigenvalue weighted by Crippen LogP contribution is -2.30. The van der Waals surface area contributed by atoms with Gasteiger partial charge >= 0.3 is 5.97 Å². The van der Waals surface area contributed by atoms with Gasteiger partial charge in [0.05, 0.1) is 29.6 Å². The largest absolute Gasteiger partial charge is 0.464 e. The number of para-hydroxylation sites is 1. The Bertz CT molecular complexity index is 1610. The van der Waals surface area contributed by atoms with Crippen LogP contribution in [-0.2, 0) is 9.53 Å². The molecule has 3 aromatic heterocycles. The molecule has 0 fully saturated rings. The third kappa shape index (κ3) is 3.17. The zero-order chi connectivity index (χ0) is 24.1. The van der Waals surface area contributed by atoms with Crippen molar-refractivity contribution in [3.63, 3.8) is 0 Å². The second-order valence-electron chi connectivity index (χ2n) is 7.87. The quantitative estimate of drug-likeness (QED) is 0.454. The number of ketones is 2. The smallest absolute Gasteiger partial charge is 0.356 e. The second kappa shape index (κ2) is 7.73. The Morgan fingerprint density at radius 3 is 2.53 bits per heavy atom. The number of H-pyrrole nitrogens is 1. The lowest BCUT2D eigenvalue weighted by Gasteiger charge is -2.16. The van der Waals surface area contributed by atoms with E-state index in [1.54, 1.807) is 13.0 Å². The average Bonchev–Trinajstić information content (AvgIpc) is 3.21. The molecule has 9 nitrogen and oxygen atoms in total. The Morgan fingerprint density at radius 1 is 1.03 bits per heavy atom. The van der Waals surface area contributed by atoms with Gasteiger partial charge in [0.2, 0.25) is 11.7 Å².